The van der Waals surface area contributed by atoms with Crippen LogP contribution >= 0.6 is 0 Å². The third kappa shape index (κ3) is 8.59. The molecule has 0 aliphatic carbocycles. The first-order chi connectivity index (χ1) is 10.1. The number of nitrogens with one attached hydrogen (secondary N) is 3. The molecule has 0 saturated heterocycles. The van der Waals surface area contributed by atoms with Crippen molar-refractivity contribution in [3.63, 3.8) is 0 Å². The van der Waals surface area contributed by atoms with Crippen LogP contribution in [0, 0.1) is 11.8 Å². The number of hydrogen-bond acceptors (Lipinski definition) is 2. The van der Waals surface area contributed by atoms with E-state index in [1.54, 1.807) is 6.92 Å². The van der Waals surface area contributed by atoms with Crippen LogP contribution in [0.2, 0.25) is 0 Å². The summed E-state index contributed by atoms with van der Waals surface area (Å²) in [6, 6.07) is 0.124. The largest absolute Gasteiger partial charge is 0.450 e. The number of amides is 1. The molecule has 0 saturated carbocycles. The van der Waals surface area contributed by atoms with E-state index in [0.717, 1.165) is 32.7 Å². The Labute approximate surface area is 130 Å². The smallest absolute Gasteiger partial charge is 0.407 e. The van der Waals surface area contributed by atoms with Gasteiger partial charge >= 0.3 is 6.09 Å². The van der Waals surface area contributed by atoms with E-state index in [1.807, 2.05) is 0 Å². The molecule has 122 valence electrons. The zero-order valence-electron chi connectivity index (χ0n) is 14.3. The Hall–Kier alpha value is -1.25. The number of carbonyl (C=O) groups excluding carboxylic acids is 1. The molecule has 0 aliphatic heterocycles. The summed E-state index contributed by atoms with van der Waals surface area (Å²) >= 11 is 0. The van der Waals surface area contributed by atoms with E-state index < -0.39 is 0 Å². The lowest BCUT2D eigenvalue weighted by molar-refractivity contribution is -0.912. The number of hydrogen-bond donors (Lipinski definition) is 3. The molecule has 1 amide bonds. The predicted molar refractivity (Wildman–Crippen MR) is 85.5 cm³/mol. The van der Waals surface area contributed by atoms with Gasteiger partial charge in [0.2, 0.25) is 0 Å². The highest BCUT2D eigenvalue weighted by Crippen LogP contribution is 1.79. The summed E-state index contributed by atoms with van der Waals surface area (Å²) in [6.07, 6.45) is -0.356. The number of likely N-dealkylation sites (N-methyl/N-ethyl adjacent to an activating group) is 1. The fraction of sp³-hybridized carbons (Fsp3) is 0.812. The van der Waals surface area contributed by atoms with Crippen molar-refractivity contribution >= 4 is 6.09 Å². The molecule has 0 unspecified atom stereocenters. The molecule has 3 N–H and O–H groups in total. The van der Waals surface area contributed by atoms with E-state index in [4.69, 9.17) is 4.74 Å². The van der Waals surface area contributed by atoms with Gasteiger partial charge in [0.15, 0.2) is 6.04 Å². The second-order valence-corrected chi connectivity index (χ2v) is 4.97. The lowest BCUT2D eigenvalue weighted by atomic mass is 10.2. The van der Waals surface area contributed by atoms with E-state index in [0.29, 0.717) is 13.2 Å². The van der Waals surface area contributed by atoms with Gasteiger partial charge in [0.1, 0.15) is 6.54 Å². The minimum absolute atomic E-state index is 0.124. The van der Waals surface area contributed by atoms with Gasteiger partial charge in [-0.1, -0.05) is 0 Å². The molecular weight excluding hydrogens is 266 g/mol. The third-order valence-corrected chi connectivity index (χ3v) is 3.74. The van der Waals surface area contributed by atoms with Crippen LogP contribution in [0.25, 0.3) is 0 Å². The van der Waals surface area contributed by atoms with Gasteiger partial charge in [0.05, 0.1) is 39.3 Å². The first-order valence-corrected chi connectivity index (χ1v) is 8.19. The van der Waals surface area contributed by atoms with Crippen molar-refractivity contribution in [2.24, 2.45) is 0 Å². The van der Waals surface area contributed by atoms with Crippen LogP contribution in [0.15, 0.2) is 0 Å². The molecule has 0 bridgehead atoms. The second-order valence-electron chi connectivity index (χ2n) is 4.97. The maximum atomic E-state index is 11.4. The molecule has 0 rings (SSSR count). The Morgan fingerprint density at radius 1 is 1.10 bits per heavy atom. The van der Waals surface area contributed by atoms with Crippen LogP contribution in [0.5, 0.6) is 0 Å². The summed E-state index contributed by atoms with van der Waals surface area (Å²) in [7, 11) is 0. The van der Waals surface area contributed by atoms with Crippen LogP contribution in [0.1, 0.15) is 34.6 Å². The number of ether oxygens (including phenoxy) is 1. The number of alkyl carbamates (subject to hydrolysis) is 1. The topological polar surface area (TPSA) is 47.2 Å². The summed E-state index contributed by atoms with van der Waals surface area (Å²) in [4.78, 5) is 14.3. The van der Waals surface area contributed by atoms with Crippen molar-refractivity contribution in [1.82, 2.24) is 5.32 Å². The Morgan fingerprint density at radius 2 is 1.71 bits per heavy atom. The molecule has 0 heterocycles. The van der Waals surface area contributed by atoms with E-state index in [9.17, 15) is 4.79 Å². The molecule has 0 aromatic rings. The number of rotatable bonds is 9. The van der Waals surface area contributed by atoms with Gasteiger partial charge in [0, 0.05) is 0 Å². The van der Waals surface area contributed by atoms with Gasteiger partial charge in [-0.3, -0.25) is 0 Å². The third-order valence-electron chi connectivity index (χ3n) is 3.74. The van der Waals surface area contributed by atoms with Crippen LogP contribution in [-0.2, 0) is 4.74 Å². The maximum Gasteiger partial charge on any atom is 0.407 e. The summed E-state index contributed by atoms with van der Waals surface area (Å²) < 4.78 is 4.91. The molecular formula is C16H33N3O2+2. The Bertz CT molecular complexity index is 328. The molecule has 21 heavy (non-hydrogen) atoms. The van der Waals surface area contributed by atoms with E-state index in [-0.39, 0.29) is 12.1 Å². The molecule has 0 spiro atoms. The van der Waals surface area contributed by atoms with Crippen LogP contribution in [-0.4, -0.2) is 58.0 Å². The molecule has 5 heteroatoms. The summed E-state index contributed by atoms with van der Waals surface area (Å²) in [5.41, 5.74) is 0. The normalized spacial score (nSPS) is 12.0. The van der Waals surface area contributed by atoms with E-state index in [2.05, 4.69) is 44.9 Å². The van der Waals surface area contributed by atoms with Crippen LogP contribution in [0.4, 0.5) is 4.79 Å². The summed E-state index contributed by atoms with van der Waals surface area (Å²) in [5, 5.41) is 2.81. The van der Waals surface area contributed by atoms with Crippen molar-refractivity contribution in [2.45, 2.75) is 40.7 Å². The first kappa shape index (κ1) is 19.8. The summed E-state index contributed by atoms with van der Waals surface area (Å²) in [6.45, 7) is 16.4. The number of carbonyl (C=O) groups is 1. The van der Waals surface area contributed by atoms with Gasteiger partial charge < -0.3 is 19.9 Å². The first-order valence-electron chi connectivity index (χ1n) is 8.19. The van der Waals surface area contributed by atoms with E-state index >= 15 is 0 Å². The minimum Gasteiger partial charge on any atom is -0.450 e. The molecule has 0 aliphatic rings. The molecule has 5 nitrogen and oxygen atoms in total. The maximum absolute atomic E-state index is 11.4. The molecule has 0 aromatic carbocycles. The van der Waals surface area contributed by atoms with Crippen LogP contribution < -0.4 is 15.1 Å². The van der Waals surface area contributed by atoms with Crippen LogP contribution in [0.3, 0.4) is 0 Å². The molecule has 0 fully saturated rings. The zero-order valence-corrected chi connectivity index (χ0v) is 14.3. The van der Waals surface area contributed by atoms with Crippen molar-refractivity contribution in [2.75, 3.05) is 45.9 Å². The highest BCUT2D eigenvalue weighted by atomic mass is 16.5. The van der Waals surface area contributed by atoms with Crippen molar-refractivity contribution in [3.05, 3.63) is 0 Å². The average molecular weight is 299 g/mol. The monoisotopic (exact) mass is 299 g/mol. The Kier molecular flexibility index (Phi) is 11.7. The Morgan fingerprint density at radius 3 is 2.19 bits per heavy atom. The standard InChI is InChI=1S/C16H31N3O2/c1-6-18(7-2)13-11-12-15(19(8-3)9-4)14-17-16(20)21-10-5/h15H,6-10,13-14H2,1-5H3,(H,17,20)/p+2/t15-/m1/s1. The molecule has 0 aromatic heterocycles. The molecule has 0 radical (unpaired) electrons. The predicted octanol–water partition coefficient (Wildman–Crippen LogP) is -1.05. The average Bonchev–Trinajstić information content (AvgIpc) is 2.49. The molecule has 1 atom stereocenters. The fourth-order valence-electron chi connectivity index (χ4n) is 2.21. The quantitative estimate of drug-likeness (QED) is 0.476. The van der Waals surface area contributed by atoms with Gasteiger partial charge in [-0.2, -0.15) is 0 Å². The number of quaternary nitrogens is 2. The zero-order chi connectivity index (χ0) is 16.1. The van der Waals surface area contributed by atoms with Gasteiger partial charge in [0.25, 0.3) is 0 Å². The summed E-state index contributed by atoms with van der Waals surface area (Å²) in [5.74, 6) is 6.63. The highest BCUT2D eigenvalue weighted by Gasteiger charge is 2.18. The Balaban J connectivity index is 4.59. The van der Waals surface area contributed by atoms with Gasteiger partial charge in [-0.15, -0.1) is 0 Å². The second kappa shape index (κ2) is 12.5. The highest BCUT2D eigenvalue weighted by molar-refractivity contribution is 5.67. The fourth-order valence-corrected chi connectivity index (χ4v) is 2.21. The lowest BCUT2D eigenvalue weighted by Gasteiger charge is -2.22. The van der Waals surface area contributed by atoms with Gasteiger partial charge in [-0.05, 0) is 46.5 Å². The van der Waals surface area contributed by atoms with Crippen molar-refractivity contribution in [3.8, 4) is 11.8 Å². The van der Waals surface area contributed by atoms with E-state index in [1.165, 1.54) is 9.80 Å². The lowest BCUT2D eigenvalue weighted by Crippen LogP contribution is -3.16. The SMILES string of the molecule is CCOC(=O)NC[C@@H](C#CC[NH+](CC)CC)[NH+](CC)CC. The van der Waals surface area contributed by atoms with Crippen molar-refractivity contribution < 1.29 is 19.3 Å². The van der Waals surface area contributed by atoms with Gasteiger partial charge in [-0.25, -0.2) is 4.79 Å². The van der Waals surface area contributed by atoms with Crippen molar-refractivity contribution in [1.29, 1.82) is 0 Å². The minimum atomic E-state index is -0.356.